The molecule has 188 valence electrons. The Morgan fingerprint density at radius 2 is 1.75 bits per heavy atom. The SMILES string of the molecule is COc1cccc(CC(Cc2[nH]c3ccc(CCO)cc3c2-c2ccc(C(C)(C)C)cc2)OC=O)c1. The van der Waals surface area contributed by atoms with Gasteiger partial charge in [0.25, 0.3) is 6.47 Å². The van der Waals surface area contributed by atoms with Crippen LogP contribution in [0, 0.1) is 0 Å². The van der Waals surface area contributed by atoms with Crippen molar-refractivity contribution >= 4 is 17.4 Å². The smallest absolute Gasteiger partial charge is 0.293 e. The topological polar surface area (TPSA) is 71.6 Å². The molecule has 0 aliphatic carbocycles. The number of hydrogen-bond donors (Lipinski definition) is 2. The summed E-state index contributed by atoms with van der Waals surface area (Å²) in [6.07, 6.45) is 1.37. The molecule has 0 radical (unpaired) electrons. The average Bonchev–Trinajstić information content (AvgIpc) is 3.21. The van der Waals surface area contributed by atoms with Crippen LogP contribution in [0.3, 0.4) is 0 Å². The number of hydrogen-bond acceptors (Lipinski definition) is 4. The third-order valence-corrected chi connectivity index (χ3v) is 6.66. The number of aliphatic hydroxyl groups excluding tert-OH is 1. The molecule has 4 rings (SSSR count). The minimum atomic E-state index is -0.341. The van der Waals surface area contributed by atoms with Crippen LogP contribution in [-0.4, -0.2) is 36.4 Å². The zero-order valence-corrected chi connectivity index (χ0v) is 21.5. The van der Waals surface area contributed by atoms with E-state index in [1.807, 2.05) is 30.3 Å². The Balaban J connectivity index is 1.76. The van der Waals surface area contributed by atoms with E-state index in [1.165, 1.54) is 5.56 Å². The molecule has 0 aliphatic heterocycles. The summed E-state index contributed by atoms with van der Waals surface area (Å²) < 4.78 is 10.9. The zero-order valence-electron chi connectivity index (χ0n) is 21.5. The number of nitrogens with one attached hydrogen (secondary N) is 1. The summed E-state index contributed by atoms with van der Waals surface area (Å²) in [5.74, 6) is 0.777. The number of fused-ring (bicyclic) bond motifs is 1. The molecule has 1 aromatic heterocycles. The van der Waals surface area contributed by atoms with Crippen LogP contribution in [0.15, 0.2) is 66.7 Å². The second-order valence-corrected chi connectivity index (χ2v) is 10.3. The van der Waals surface area contributed by atoms with Gasteiger partial charge in [0.05, 0.1) is 7.11 Å². The lowest BCUT2D eigenvalue weighted by Gasteiger charge is -2.20. The third kappa shape index (κ3) is 5.80. The summed E-state index contributed by atoms with van der Waals surface area (Å²) in [4.78, 5) is 15.0. The maximum Gasteiger partial charge on any atom is 0.293 e. The highest BCUT2D eigenvalue weighted by atomic mass is 16.5. The standard InChI is InChI=1S/C31H35NO4/c1-31(2,3)24-11-9-23(10-12-24)30-27-18-21(14-15-33)8-13-28(27)32-29(30)19-26(36-20-34)17-22-6-5-7-25(16-22)35-4/h5-13,16,18,20,26,32-33H,14-15,17,19H2,1-4H3. The van der Waals surface area contributed by atoms with Gasteiger partial charge < -0.3 is 19.6 Å². The number of benzene rings is 3. The zero-order chi connectivity index (χ0) is 25.7. The Morgan fingerprint density at radius 1 is 0.972 bits per heavy atom. The van der Waals surface area contributed by atoms with Crippen LogP contribution in [0.2, 0.25) is 0 Å². The van der Waals surface area contributed by atoms with Crippen LogP contribution in [0.25, 0.3) is 22.0 Å². The number of methoxy groups -OCH3 is 1. The molecule has 1 heterocycles. The molecule has 0 saturated carbocycles. The Hall–Kier alpha value is -3.57. The molecule has 1 atom stereocenters. The van der Waals surface area contributed by atoms with Crippen molar-refractivity contribution in [2.24, 2.45) is 0 Å². The van der Waals surface area contributed by atoms with Gasteiger partial charge in [-0.3, -0.25) is 4.79 Å². The lowest BCUT2D eigenvalue weighted by atomic mass is 9.86. The molecule has 0 amide bonds. The Labute approximate surface area is 213 Å². The lowest BCUT2D eigenvalue weighted by molar-refractivity contribution is -0.133. The number of carbonyl (C=O) groups excluding carboxylic acids is 1. The van der Waals surface area contributed by atoms with E-state index in [1.54, 1.807) is 7.11 Å². The van der Waals surface area contributed by atoms with E-state index in [2.05, 4.69) is 62.2 Å². The van der Waals surface area contributed by atoms with E-state index in [0.717, 1.165) is 44.6 Å². The quantitative estimate of drug-likeness (QED) is 0.270. The van der Waals surface area contributed by atoms with Crippen LogP contribution in [-0.2, 0) is 34.2 Å². The van der Waals surface area contributed by atoms with Gasteiger partial charge in [-0.05, 0) is 58.4 Å². The summed E-state index contributed by atoms with van der Waals surface area (Å²) in [7, 11) is 1.64. The fourth-order valence-electron chi connectivity index (χ4n) is 4.74. The van der Waals surface area contributed by atoms with Crippen molar-refractivity contribution in [3.63, 3.8) is 0 Å². The number of H-pyrrole nitrogens is 1. The predicted octanol–water partition coefficient (Wildman–Crippen LogP) is 6.00. The van der Waals surface area contributed by atoms with Gasteiger partial charge in [0.15, 0.2) is 0 Å². The highest BCUT2D eigenvalue weighted by Gasteiger charge is 2.21. The maximum atomic E-state index is 11.4. The number of carbonyl (C=O) groups is 1. The minimum Gasteiger partial charge on any atom is -0.497 e. The molecule has 0 saturated heterocycles. The summed E-state index contributed by atoms with van der Waals surface area (Å²) in [5, 5.41) is 10.6. The summed E-state index contributed by atoms with van der Waals surface area (Å²) in [5.41, 5.74) is 7.71. The molecule has 2 N–H and O–H groups in total. The van der Waals surface area contributed by atoms with E-state index in [9.17, 15) is 9.90 Å². The normalized spacial score (nSPS) is 12.5. The fraction of sp³-hybridized carbons (Fsp3) is 0.323. The first-order chi connectivity index (χ1) is 17.3. The van der Waals surface area contributed by atoms with Crippen LogP contribution in [0.1, 0.15) is 43.2 Å². The van der Waals surface area contributed by atoms with Gasteiger partial charge in [-0.2, -0.15) is 0 Å². The Bertz CT molecular complexity index is 1310. The Morgan fingerprint density at radius 3 is 2.42 bits per heavy atom. The largest absolute Gasteiger partial charge is 0.497 e. The number of ether oxygens (including phenoxy) is 2. The van der Waals surface area contributed by atoms with Gasteiger partial charge in [0, 0.05) is 41.6 Å². The van der Waals surface area contributed by atoms with Gasteiger partial charge in [-0.15, -0.1) is 0 Å². The Kier molecular flexibility index (Phi) is 7.80. The van der Waals surface area contributed by atoms with Gasteiger partial charge in [0.1, 0.15) is 11.9 Å². The summed E-state index contributed by atoms with van der Waals surface area (Å²) in [6, 6.07) is 22.8. The third-order valence-electron chi connectivity index (χ3n) is 6.66. The molecule has 0 spiro atoms. The first-order valence-corrected chi connectivity index (χ1v) is 12.4. The van der Waals surface area contributed by atoms with Crippen molar-refractivity contribution in [2.45, 2.75) is 51.6 Å². The van der Waals surface area contributed by atoms with E-state index < -0.39 is 0 Å². The molecule has 5 nitrogen and oxygen atoms in total. The van der Waals surface area contributed by atoms with Crippen molar-refractivity contribution in [1.29, 1.82) is 0 Å². The second kappa shape index (κ2) is 11.0. The number of aromatic nitrogens is 1. The van der Waals surface area contributed by atoms with E-state index in [-0.39, 0.29) is 18.1 Å². The molecule has 0 aliphatic rings. The summed E-state index contributed by atoms with van der Waals surface area (Å²) in [6.45, 7) is 7.26. The molecule has 3 aromatic carbocycles. The molecule has 0 bridgehead atoms. The van der Waals surface area contributed by atoms with Gasteiger partial charge >= 0.3 is 0 Å². The first kappa shape index (κ1) is 25.5. The average molecular weight is 486 g/mol. The van der Waals surface area contributed by atoms with E-state index in [0.29, 0.717) is 25.7 Å². The lowest BCUT2D eigenvalue weighted by Crippen LogP contribution is -2.19. The second-order valence-electron chi connectivity index (χ2n) is 10.3. The number of aliphatic hydroxyl groups is 1. The maximum absolute atomic E-state index is 11.4. The molecule has 36 heavy (non-hydrogen) atoms. The van der Waals surface area contributed by atoms with Gasteiger partial charge in [-0.1, -0.05) is 63.2 Å². The van der Waals surface area contributed by atoms with Crippen molar-refractivity contribution in [2.75, 3.05) is 13.7 Å². The molecule has 0 fully saturated rings. The highest BCUT2D eigenvalue weighted by Crippen LogP contribution is 2.36. The molecule has 5 heteroatoms. The van der Waals surface area contributed by atoms with E-state index >= 15 is 0 Å². The number of aromatic amines is 1. The molecular weight excluding hydrogens is 450 g/mol. The van der Waals surface area contributed by atoms with Crippen molar-refractivity contribution in [1.82, 2.24) is 4.98 Å². The molecule has 4 aromatic rings. The highest BCUT2D eigenvalue weighted by molar-refractivity contribution is 5.98. The first-order valence-electron chi connectivity index (χ1n) is 12.4. The van der Waals surface area contributed by atoms with Gasteiger partial charge in [-0.25, -0.2) is 0 Å². The monoisotopic (exact) mass is 485 g/mol. The van der Waals surface area contributed by atoms with Crippen molar-refractivity contribution in [3.05, 3.63) is 89.1 Å². The molecule has 1 unspecified atom stereocenters. The van der Waals surface area contributed by atoms with E-state index in [4.69, 9.17) is 9.47 Å². The van der Waals surface area contributed by atoms with Crippen LogP contribution < -0.4 is 4.74 Å². The van der Waals surface area contributed by atoms with Crippen molar-refractivity contribution in [3.8, 4) is 16.9 Å². The van der Waals surface area contributed by atoms with Gasteiger partial charge in [0.2, 0.25) is 0 Å². The predicted molar refractivity (Wildman–Crippen MR) is 145 cm³/mol. The van der Waals surface area contributed by atoms with Crippen LogP contribution in [0.4, 0.5) is 0 Å². The number of rotatable bonds is 10. The summed E-state index contributed by atoms with van der Waals surface area (Å²) >= 11 is 0. The van der Waals surface area contributed by atoms with Crippen molar-refractivity contribution < 1.29 is 19.4 Å². The molecular formula is C31H35NO4. The van der Waals surface area contributed by atoms with Crippen LogP contribution >= 0.6 is 0 Å². The minimum absolute atomic E-state index is 0.0650. The fourth-order valence-corrected chi connectivity index (χ4v) is 4.74. The van der Waals surface area contributed by atoms with Crippen LogP contribution in [0.5, 0.6) is 5.75 Å².